The van der Waals surface area contributed by atoms with Crippen LogP contribution in [0.2, 0.25) is 0 Å². The van der Waals surface area contributed by atoms with Gasteiger partial charge in [-0.05, 0) is 6.08 Å². The van der Waals surface area contributed by atoms with Crippen LogP contribution in [0.4, 0.5) is 0 Å². The van der Waals surface area contributed by atoms with E-state index in [0.29, 0.717) is 0 Å². The van der Waals surface area contributed by atoms with Gasteiger partial charge in [-0.15, -0.1) is 0 Å². The van der Waals surface area contributed by atoms with Crippen molar-refractivity contribution in [3.63, 3.8) is 0 Å². The molecule has 1 amide bonds. The zero-order chi connectivity index (χ0) is 18.9. The minimum absolute atomic E-state index is 0.498. The summed E-state index contributed by atoms with van der Waals surface area (Å²) in [5.74, 6) is -6.85. The predicted octanol–water partition coefficient (Wildman–Crippen LogP) is -2.49. The van der Waals surface area contributed by atoms with Crippen molar-refractivity contribution in [1.29, 1.82) is 0 Å². The lowest BCUT2D eigenvalue weighted by Gasteiger charge is -2.28. The lowest BCUT2D eigenvalue weighted by Crippen LogP contribution is -2.52. The summed E-state index contributed by atoms with van der Waals surface area (Å²) >= 11 is 0. The number of nitrogens with zero attached hydrogens (tertiary/aromatic N) is 2. The Hall–Kier alpha value is -2.99. The molecule has 0 radical (unpaired) electrons. The number of amides is 1. The number of carboxylic acid groups (broad SMARTS) is 4. The molecule has 0 rings (SSSR count). The first kappa shape index (κ1) is 21.0. The maximum Gasteiger partial charge on any atom is 0.332 e. The summed E-state index contributed by atoms with van der Waals surface area (Å²) in [6, 6.07) is -2.00. The highest BCUT2D eigenvalue weighted by molar-refractivity contribution is 5.97. The molecule has 0 aromatic rings. The summed E-state index contributed by atoms with van der Waals surface area (Å²) in [4.78, 5) is 56.4. The fourth-order valence-electron chi connectivity index (χ4n) is 1.59. The molecule has 0 aliphatic rings. The van der Waals surface area contributed by atoms with E-state index < -0.39 is 62.3 Å². The molecule has 24 heavy (non-hydrogen) atoms. The van der Waals surface area contributed by atoms with E-state index in [4.69, 9.17) is 20.4 Å². The third-order valence-corrected chi connectivity index (χ3v) is 2.55. The van der Waals surface area contributed by atoms with Crippen LogP contribution in [-0.2, 0) is 24.0 Å². The molecule has 0 aliphatic carbocycles. The van der Waals surface area contributed by atoms with Gasteiger partial charge in [0.1, 0.15) is 0 Å². The number of carbonyl (C=O) groups excluding carboxylic acids is 1. The number of aliphatic carboxylic acids is 4. The van der Waals surface area contributed by atoms with E-state index in [2.05, 4.69) is 11.9 Å². The first-order valence-corrected chi connectivity index (χ1v) is 6.34. The lowest BCUT2D eigenvalue weighted by molar-refractivity contribution is -0.152. The maximum absolute atomic E-state index is 11.7. The second-order valence-electron chi connectivity index (χ2n) is 4.47. The van der Waals surface area contributed by atoms with E-state index in [1.807, 2.05) is 0 Å². The summed E-state index contributed by atoms with van der Waals surface area (Å²) in [5, 5.41) is 37.0. The van der Waals surface area contributed by atoms with Crippen molar-refractivity contribution in [3.8, 4) is 0 Å². The minimum atomic E-state index is -2.00. The normalized spacial score (nSPS) is 10.4. The van der Waals surface area contributed by atoms with Crippen LogP contribution in [0, 0.1) is 0 Å². The highest BCUT2D eigenvalue weighted by atomic mass is 16.4. The molecule has 0 fully saturated rings. The molecule has 0 atom stereocenters. The number of carboxylic acids is 4. The molecule has 0 saturated carbocycles. The van der Waals surface area contributed by atoms with Gasteiger partial charge in [-0.3, -0.25) is 24.6 Å². The predicted molar refractivity (Wildman–Crippen MR) is 75.8 cm³/mol. The molecule has 12 nitrogen and oxygen atoms in total. The first-order valence-electron chi connectivity index (χ1n) is 6.34. The van der Waals surface area contributed by atoms with Gasteiger partial charge in [-0.1, -0.05) is 6.58 Å². The summed E-state index contributed by atoms with van der Waals surface area (Å²) in [5.41, 5.74) is 0. The van der Waals surface area contributed by atoms with Gasteiger partial charge in [0.25, 0.3) is 0 Å². The van der Waals surface area contributed by atoms with Gasteiger partial charge in [-0.2, -0.15) is 0 Å². The molecule has 5 N–H and O–H groups in total. The van der Waals surface area contributed by atoms with Crippen molar-refractivity contribution >= 4 is 29.8 Å². The van der Waals surface area contributed by atoms with Crippen molar-refractivity contribution in [2.75, 3.05) is 26.4 Å². The number of hydrogen-bond donors (Lipinski definition) is 5. The van der Waals surface area contributed by atoms with E-state index in [9.17, 15) is 24.0 Å². The Morgan fingerprint density at radius 2 is 1.42 bits per heavy atom. The van der Waals surface area contributed by atoms with Crippen LogP contribution in [0.1, 0.15) is 0 Å². The number of rotatable bonds is 12. The Morgan fingerprint density at radius 1 is 0.958 bits per heavy atom. The zero-order valence-corrected chi connectivity index (χ0v) is 12.4. The Kier molecular flexibility index (Phi) is 8.68. The Morgan fingerprint density at radius 3 is 1.75 bits per heavy atom. The van der Waals surface area contributed by atoms with Crippen molar-refractivity contribution < 1.29 is 44.4 Å². The van der Waals surface area contributed by atoms with E-state index in [0.717, 1.165) is 15.9 Å². The smallest absolute Gasteiger partial charge is 0.332 e. The molecular formula is C12H17N3O9. The molecular weight excluding hydrogens is 330 g/mol. The summed E-state index contributed by atoms with van der Waals surface area (Å²) in [6.45, 7) is 0.728. The van der Waals surface area contributed by atoms with E-state index in [1.165, 1.54) is 0 Å². The molecule has 0 spiro atoms. The Labute approximate surface area is 135 Å². The van der Waals surface area contributed by atoms with E-state index in [-0.39, 0.29) is 0 Å². The molecule has 0 saturated heterocycles. The Balaban J connectivity index is 5.09. The monoisotopic (exact) mass is 347 g/mol. The van der Waals surface area contributed by atoms with Gasteiger partial charge in [-0.25, -0.2) is 9.59 Å². The van der Waals surface area contributed by atoms with Crippen molar-refractivity contribution in [1.82, 2.24) is 15.1 Å². The molecule has 0 aliphatic heterocycles. The molecule has 0 aromatic carbocycles. The van der Waals surface area contributed by atoms with E-state index >= 15 is 0 Å². The molecule has 0 aromatic heterocycles. The summed E-state index contributed by atoms with van der Waals surface area (Å²) in [7, 11) is 0. The molecule has 134 valence electrons. The highest BCUT2D eigenvalue weighted by Crippen LogP contribution is 1.98. The molecule has 12 heteroatoms. The first-order chi connectivity index (χ1) is 11.1. The molecule has 0 heterocycles. The molecule has 0 unspecified atom stereocenters. The third kappa shape index (κ3) is 7.86. The van der Waals surface area contributed by atoms with E-state index in [1.54, 1.807) is 0 Å². The summed E-state index contributed by atoms with van der Waals surface area (Å²) < 4.78 is 0. The molecule has 0 bridgehead atoms. The zero-order valence-electron chi connectivity index (χ0n) is 12.4. The van der Waals surface area contributed by atoms with Crippen LogP contribution in [0.5, 0.6) is 0 Å². The van der Waals surface area contributed by atoms with Crippen molar-refractivity contribution in [2.24, 2.45) is 0 Å². The fraction of sp³-hybridized carbons (Fsp3) is 0.417. The van der Waals surface area contributed by atoms with Crippen LogP contribution in [0.3, 0.4) is 0 Å². The van der Waals surface area contributed by atoms with Gasteiger partial charge in [0.15, 0.2) is 0 Å². The van der Waals surface area contributed by atoms with Gasteiger partial charge in [0.2, 0.25) is 11.9 Å². The van der Waals surface area contributed by atoms with Crippen molar-refractivity contribution in [2.45, 2.75) is 6.04 Å². The maximum atomic E-state index is 11.7. The standard InChI is InChI=1S/C12H17N3O9/c1-2-7(16)15(5-13-10(11(21)22)12(23)24)6-14(3-8(17)18)4-9(19)20/h2,10,13H,1,3-6H2,(H,17,18)(H,19,20)(H,21,22)(H,23,24). The number of hydrogen-bond acceptors (Lipinski definition) is 7. The second-order valence-corrected chi connectivity index (χ2v) is 4.47. The van der Waals surface area contributed by atoms with Crippen LogP contribution in [0.25, 0.3) is 0 Å². The van der Waals surface area contributed by atoms with Crippen LogP contribution in [-0.4, -0.2) is 92.5 Å². The van der Waals surface area contributed by atoms with Crippen molar-refractivity contribution in [3.05, 3.63) is 12.7 Å². The van der Waals surface area contributed by atoms with Gasteiger partial charge in [0.05, 0.1) is 26.4 Å². The fourth-order valence-corrected chi connectivity index (χ4v) is 1.59. The summed E-state index contributed by atoms with van der Waals surface area (Å²) in [6.07, 6.45) is 0.831. The average molecular weight is 347 g/mol. The minimum Gasteiger partial charge on any atom is -0.480 e. The lowest BCUT2D eigenvalue weighted by atomic mass is 10.3. The van der Waals surface area contributed by atoms with Crippen LogP contribution in [0.15, 0.2) is 12.7 Å². The van der Waals surface area contributed by atoms with Gasteiger partial charge >= 0.3 is 23.9 Å². The Bertz CT molecular complexity index is 504. The van der Waals surface area contributed by atoms with Gasteiger partial charge < -0.3 is 25.3 Å². The number of nitrogens with one attached hydrogen (secondary N) is 1. The quantitative estimate of drug-likeness (QED) is 0.143. The topological polar surface area (TPSA) is 185 Å². The number of carbonyl (C=O) groups is 5. The van der Waals surface area contributed by atoms with Crippen LogP contribution >= 0.6 is 0 Å². The van der Waals surface area contributed by atoms with Gasteiger partial charge in [0, 0.05) is 0 Å². The largest absolute Gasteiger partial charge is 0.480 e. The average Bonchev–Trinajstić information content (AvgIpc) is 2.43. The highest BCUT2D eigenvalue weighted by Gasteiger charge is 2.27. The third-order valence-electron chi connectivity index (χ3n) is 2.55. The van der Waals surface area contributed by atoms with Crippen LogP contribution < -0.4 is 5.32 Å². The second kappa shape index (κ2) is 9.91. The SMILES string of the molecule is C=CC(=O)N(CNC(C(=O)O)C(=O)O)CN(CC(=O)O)CC(=O)O.